The van der Waals surface area contributed by atoms with Gasteiger partial charge in [-0.3, -0.25) is 0 Å². The quantitative estimate of drug-likeness (QED) is 0.608. The average molecular weight is 129 g/mol. The molecule has 54 valence electrons. The van der Waals surface area contributed by atoms with Crippen molar-refractivity contribution in [1.29, 1.82) is 0 Å². The minimum absolute atomic E-state index is 0.342. The molecular weight excluding hydrogens is 114 g/mol. The molecule has 0 aromatic rings. The van der Waals surface area contributed by atoms with Gasteiger partial charge < -0.3 is 10.1 Å². The van der Waals surface area contributed by atoms with Crippen molar-refractivity contribution in [2.24, 2.45) is 0 Å². The number of hydrogen-bond acceptors (Lipinski definition) is 2. The number of rotatable bonds is 3. The van der Waals surface area contributed by atoms with Crippen molar-refractivity contribution >= 4 is 0 Å². The molecule has 0 saturated carbocycles. The first-order valence-corrected chi connectivity index (χ1v) is 3.60. The van der Waals surface area contributed by atoms with Gasteiger partial charge in [-0.15, -0.1) is 0 Å². The minimum Gasteiger partial charge on any atom is -0.377 e. The first kappa shape index (κ1) is 7.03. The van der Waals surface area contributed by atoms with E-state index >= 15 is 0 Å². The van der Waals surface area contributed by atoms with Crippen LogP contribution in [0.2, 0.25) is 0 Å². The Bertz CT molecular complexity index is 83.4. The van der Waals surface area contributed by atoms with E-state index in [1.165, 1.54) is 12.8 Å². The SMILES string of the molecule is CCCC1(NC)COC1. The fourth-order valence-electron chi connectivity index (χ4n) is 1.24. The number of nitrogens with one attached hydrogen (secondary N) is 1. The molecule has 9 heavy (non-hydrogen) atoms. The maximum Gasteiger partial charge on any atom is 0.0671 e. The van der Waals surface area contributed by atoms with E-state index in [4.69, 9.17) is 4.74 Å². The van der Waals surface area contributed by atoms with Crippen LogP contribution in [0.5, 0.6) is 0 Å². The summed E-state index contributed by atoms with van der Waals surface area (Å²) in [5.74, 6) is 0. The van der Waals surface area contributed by atoms with E-state index in [0.29, 0.717) is 5.54 Å². The first-order chi connectivity index (χ1) is 4.33. The molecular formula is C7H15NO. The Morgan fingerprint density at radius 3 is 2.33 bits per heavy atom. The van der Waals surface area contributed by atoms with Crippen LogP contribution in [-0.4, -0.2) is 25.8 Å². The van der Waals surface area contributed by atoms with Gasteiger partial charge in [0.1, 0.15) is 0 Å². The van der Waals surface area contributed by atoms with Crippen LogP contribution in [0.1, 0.15) is 19.8 Å². The molecule has 1 heterocycles. The molecule has 0 bridgehead atoms. The molecule has 0 aromatic carbocycles. The summed E-state index contributed by atoms with van der Waals surface area (Å²) in [7, 11) is 2.01. The van der Waals surface area contributed by atoms with E-state index < -0.39 is 0 Å². The van der Waals surface area contributed by atoms with Gasteiger partial charge in [-0.25, -0.2) is 0 Å². The van der Waals surface area contributed by atoms with Gasteiger partial charge >= 0.3 is 0 Å². The van der Waals surface area contributed by atoms with Crippen LogP contribution >= 0.6 is 0 Å². The lowest BCUT2D eigenvalue weighted by Gasteiger charge is -2.41. The highest BCUT2D eigenvalue weighted by Crippen LogP contribution is 2.21. The highest BCUT2D eigenvalue weighted by atomic mass is 16.5. The highest BCUT2D eigenvalue weighted by molar-refractivity contribution is 4.92. The third kappa shape index (κ3) is 1.25. The van der Waals surface area contributed by atoms with Gasteiger partial charge in [0.25, 0.3) is 0 Å². The maximum atomic E-state index is 5.12. The van der Waals surface area contributed by atoms with Gasteiger partial charge in [-0.2, -0.15) is 0 Å². The lowest BCUT2D eigenvalue weighted by atomic mass is 9.92. The lowest BCUT2D eigenvalue weighted by molar-refractivity contribution is -0.0748. The summed E-state index contributed by atoms with van der Waals surface area (Å²) < 4.78 is 5.12. The summed E-state index contributed by atoms with van der Waals surface area (Å²) in [5.41, 5.74) is 0.342. The molecule has 0 amide bonds. The standard InChI is InChI=1S/C7H15NO/c1-3-4-7(8-2)5-9-6-7/h8H,3-6H2,1-2H3. The smallest absolute Gasteiger partial charge is 0.0671 e. The Kier molecular flexibility index (Phi) is 2.09. The number of likely N-dealkylation sites (N-methyl/N-ethyl adjacent to an activating group) is 1. The molecule has 1 N–H and O–H groups in total. The molecule has 1 rings (SSSR count). The predicted molar refractivity (Wildman–Crippen MR) is 37.5 cm³/mol. The fraction of sp³-hybridized carbons (Fsp3) is 1.00. The van der Waals surface area contributed by atoms with Crippen molar-refractivity contribution in [2.75, 3.05) is 20.3 Å². The molecule has 1 aliphatic rings. The maximum absolute atomic E-state index is 5.12. The van der Waals surface area contributed by atoms with Gasteiger partial charge in [0.05, 0.1) is 18.8 Å². The van der Waals surface area contributed by atoms with Gasteiger partial charge in [0.2, 0.25) is 0 Å². The zero-order chi connectivity index (χ0) is 6.74. The van der Waals surface area contributed by atoms with Crippen LogP contribution in [0.4, 0.5) is 0 Å². The molecule has 2 nitrogen and oxygen atoms in total. The Morgan fingerprint density at radius 2 is 2.22 bits per heavy atom. The summed E-state index contributed by atoms with van der Waals surface area (Å²) in [4.78, 5) is 0. The number of ether oxygens (including phenoxy) is 1. The molecule has 0 atom stereocenters. The summed E-state index contributed by atoms with van der Waals surface area (Å²) in [6, 6.07) is 0. The molecule has 1 aliphatic heterocycles. The average Bonchev–Trinajstić information content (AvgIpc) is 1.79. The molecule has 0 radical (unpaired) electrons. The van der Waals surface area contributed by atoms with E-state index in [-0.39, 0.29) is 0 Å². The Balaban J connectivity index is 2.28. The molecule has 0 unspecified atom stereocenters. The van der Waals surface area contributed by atoms with Gasteiger partial charge in [0.15, 0.2) is 0 Å². The Hall–Kier alpha value is -0.0800. The van der Waals surface area contributed by atoms with E-state index in [1.54, 1.807) is 0 Å². The van der Waals surface area contributed by atoms with Gasteiger partial charge in [0, 0.05) is 0 Å². The predicted octanol–water partition coefficient (Wildman–Crippen LogP) is 0.775. The second-order valence-corrected chi connectivity index (χ2v) is 2.77. The lowest BCUT2D eigenvalue weighted by Crippen LogP contribution is -2.58. The summed E-state index contributed by atoms with van der Waals surface area (Å²) in [6.45, 7) is 4.01. The largest absolute Gasteiger partial charge is 0.377 e. The summed E-state index contributed by atoms with van der Waals surface area (Å²) >= 11 is 0. The monoisotopic (exact) mass is 129 g/mol. The molecule has 1 saturated heterocycles. The van der Waals surface area contributed by atoms with E-state index in [9.17, 15) is 0 Å². The van der Waals surface area contributed by atoms with Crippen molar-refractivity contribution in [1.82, 2.24) is 5.32 Å². The summed E-state index contributed by atoms with van der Waals surface area (Å²) in [5, 5.41) is 3.29. The van der Waals surface area contributed by atoms with Crippen molar-refractivity contribution in [2.45, 2.75) is 25.3 Å². The highest BCUT2D eigenvalue weighted by Gasteiger charge is 2.35. The van der Waals surface area contributed by atoms with Crippen LogP contribution < -0.4 is 5.32 Å². The van der Waals surface area contributed by atoms with Crippen molar-refractivity contribution < 1.29 is 4.74 Å². The zero-order valence-electron chi connectivity index (χ0n) is 6.24. The normalized spacial score (nSPS) is 23.3. The topological polar surface area (TPSA) is 21.3 Å². The summed E-state index contributed by atoms with van der Waals surface area (Å²) in [6.07, 6.45) is 2.48. The third-order valence-electron chi connectivity index (χ3n) is 2.02. The molecule has 0 aliphatic carbocycles. The first-order valence-electron chi connectivity index (χ1n) is 3.60. The van der Waals surface area contributed by atoms with Crippen LogP contribution in [0.25, 0.3) is 0 Å². The fourth-order valence-corrected chi connectivity index (χ4v) is 1.24. The van der Waals surface area contributed by atoms with Gasteiger partial charge in [-0.1, -0.05) is 13.3 Å². The van der Waals surface area contributed by atoms with Crippen molar-refractivity contribution in [3.63, 3.8) is 0 Å². The molecule has 0 spiro atoms. The van der Waals surface area contributed by atoms with E-state index in [1.807, 2.05) is 7.05 Å². The van der Waals surface area contributed by atoms with Crippen LogP contribution in [0, 0.1) is 0 Å². The van der Waals surface area contributed by atoms with E-state index in [0.717, 1.165) is 13.2 Å². The van der Waals surface area contributed by atoms with Crippen LogP contribution in [0.15, 0.2) is 0 Å². The van der Waals surface area contributed by atoms with Gasteiger partial charge in [-0.05, 0) is 13.5 Å². The van der Waals surface area contributed by atoms with Crippen molar-refractivity contribution in [3.8, 4) is 0 Å². The van der Waals surface area contributed by atoms with Crippen molar-refractivity contribution in [3.05, 3.63) is 0 Å². The van der Waals surface area contributed by atoms with E-state index in [2.05, 4.69) is 12.2 Å². The van der Waals surface area contributed by atoms with Crippen LogP contribution in [-0.2, 0) is 4.74 Å². The molecule has 0 aromatic heterocycles. The zero-order valence-corrected chi connectivity index (χ0v) is 6.24. The second kappa shape index (κ2) is 2.67. The second-order valence-electron chi connectivity index (χ2n) is 2.77. The number of hydrogen-bond donors (Lipinski definition) is 1. The Labute approximate surface area is 56.6 Å². The third-order valence-corrected chi connectivity index (χ3v) is 2.02. The van der Waals surface area contributed by atoms with Crippen LogP contribution in [0.3, 0.4) is 0 Å². The molecule has 1 fully saturated rings. The minimum atomic E-state index is 0.342. The Morgan fingerprint density at radius 1 is 1.56 bits per heavy atom. The molecule has 2 heteroatoms.